The molecule has 0 aliphatic carbocycles. The molecule has 1 unspecified atom stereocenters. The molecule has 0 saturated carbocycles. The summed E-state index contributed by atoms with van der Waals surface area (Å²) in [4.78, 5) is 0. The highest BCUT2D eigenvalue weighted by Crippen LogP contribution is 2.09. The highest BCUT2D eigenvalue weighted by Gasteiger charge is 2.26. The van der Waals surface area contributed by atoms with Crippen LogP contribution in [0.1, 0.15) is 0 Å². The maximum Gasteiger partial charge on any atom is 0.153 e. The number of allylic oxidation sites excluding steroid dienone is 2. The highest BCUT2D eigenvalue weighted by atomic mass is 32.2. The number of hydrogen-bond acceptors (Lipinski definition) is 4. The number of dihydropyridines is 1. The van der Waals surface area contributed by atoms with Crippen molar-refractivity contribution in [1.82, 2.24) is 10.6 Å². The Kier molecular flexibility index (Phi) is 2.60. The van der Waals surface area contributed by atoms with Crippen LogP contribution in [0.5, 0.6) is 0 Å². The molecule has 2 aliphatic heterocycles. The molecule has 77 valence electrons. The fourth-order valence-electron chi connectivity index (χ4n) is 1.62. The maximum atomic E-state index is 11.4. The van der Waals surface area contributed by atoms with Crippen LogP contribution in [0.4, 0.5) is 0 Å². The van der Waals surface area contributed by atoms with Crippen molar-refractivity contribution in [2.75, 3.05) is 24.6 Å². The molecule has 2 aliphatic rings. The minimum Gasteiger partial charge on any atom is -0.383 e. The molecule has 1 atom stereocenters. The van der Waals surface area contributed by atoms with Gasteiger partial charge in [-0.25, -0.2) is 8.42 Å². The molecule has 0 bridgehead atoms. The van der Waals surface area contributed by atoms with E-state index in [-0.39, 0.29) is 17.5 Å². The Morgan fingerprint density at radius 3 is 3.00 bits per heavy atom. The van der Waals surface area contributed by atoms with E-state index in [1.54, 1.807) is 0 Å². The fourth-order valence-corrected chi connectivity index (χ4v) is 3.01. The second-order valence-electron chi connectivity index (χ2n) is 3.46. The molecule has 2 rings (SSSR count). The van der Waals surface area contributed by atoms with Crippen LogP contribution in [-0.4, -0.2) is 39.1 Å². The Labute approximate surface area is 84.0 Å². The van der Waals surface area contributed by atoms with Gasteiger partial charge in [0.1, 0.15) is 0 Å². The quantitative estimate of drug-likeness (QED) is 0.600. The zero-order chi connectivity index (χ0) is 10.0. The summed E-state index contributed by atoms with van der Waals surface area (Å²) < 4.78 is 22.8. The van der Waals surface area contributed by atoms with E-state index in [1.807, 2.05) is 12.2 Å². The van der Waals surface area contributed by atoms with E-state index >= 15 is 0 Å². The van der Waals surface area contributed by atoms with Crippen molar-refractivity contribution in [1.29, 1.82) is 0 Å². The zero-order valence-corrected chi connectivity index (χ0v) is 8.60. The Balaban J connectivity index is 2.11. The Morgan fingerprint density at radius 2 is 2.36 bits per heavy atom. The van der Waals surface area contributed by atoms with Crippen LogP contribution >= 0.6 is 0 Å². The summed E-state index contributed by atoms with van der Waals surface area (Å²) in [6.45, 7) is 1.28. The van der Waals surface area contributed by atoms with Gasteiger partial charge in [0.15, 0.2) is 9.84 Å². The number of hydrogen-bond donors (Lipinski definition) is 2. The molecular weight excluding hydrogens is 200 g/mol. The first-order valence-electron chi connectivity index (χ1n) is 4.63. The molecule has 1 saturated heterocycles. The van der Waals surface area contributed by atoms with Gasteiger partial charge in [-0.05, 0) is 0 Å². The smallest absolute Gasteiger partial charge is 0.153 e. The van der Waals surface area contributed by atoms with E-state index in [0.29, 0.717) is 6.54 Å². The normalized spacial score (nSPS) is 30.6. The van der Waals surface area contributed by atoms with Gasteiger partial charge in [-0.1, -0.05) is 12.2 Å². The highest BCUT2D eigenvalue weighted by molar-refractivity contribution is 7.91. The Bertz CT molecular complexity index is 370. The van der Waals surface area contributed by atoms with E-state index in [2.05, 4.69) is 16.7 Å². The van der Waals surface area contributed by atoms with Crippen molar-refractivity contribution < 1.29 is 8.42 Å². The summed E-state index contributed by atoms with van der Waals surface area (Å²) in [6, 6.07) is -0.112. The van der Waals surface area contributed by atoms with Crippen LogP contribution in [0.3, 0.4) is 0 Å². The summed E-state index contributed by atoms with van der Waals surface area (Å²) in [7, 11) is -2.87. The molecule has 0 spiro atoms. The molecule has 0 aromatic rings. The monoisotopic (exact) mass is 213 g/mol. The van der Waals surface area contributed by atoms with Crippen LogP contribution in [0.2, 0.25) is 0 Å². The summed E-state index contributed by atoms with van der Waals surface area (Å²) in [5.41, 5.74) is 0.857. The van der Waals surface area contributed by atoms with Crippen molar-refractivity contribution in [2.24, 2.45) is 0 Å². The van der Waals surface area contributed by atoms with Crippen molar-refractivity contribution in [3.05, 3.63) is 23.9 Å². The standard InChI is InChI=1S/C9H13N2O2S/c12-14(13)6-5-11-9(7-14)8-3-1-2-4-10-8/h1-2,9-11H,4-7H2. The lowest BCUT2D eigenvalue weighted by Crippen LogP contribution is -2.49. The van der Waals surface area contributed by atoms with Crippen LogP contribution in [0.25, 0.3) is 0 Å². The summed E-state index contributed by atoms with van der Waals surface area (Å²) >= 11 is 0. The van der Waals surface area contributed by atoms with E-state index in [0.717, 1.165) is 12.2 Å². The predicted octanol–water partition coefficient (Wildman–Crippen LogP) is -0.781. The van der Waals surface area contributed by atoms with Gasteiger partial charge >= 0.3 is 0 Å². The Morgan fingerprint density at radius 1 is 1.50 bits per heavy atom. The van der Waals surface area contributed by atoms with Gasteiger partial charge in [0.05, 0.1) is 17.5 Å². The second kappa shape index (κ2) is 3.74. The summed E-state index contributed by atoms with van der Waals surface area (Å²) in [5, 5.41) is 6.29. The second-order valence-corrected chi connectivity index (χ2v) is 5.69. The zero-order valence-electron chi connectivity index (χ0n) is 7.79. The number of rotatable bonds is 1. The topological polar surface area (TPSA) is 58.2 Å². The average molecular weight is 213 g/mol. The lowest BCUT2D eigenvalue weighted by molar-refractivity contribution is 0.533. The lowest BCUT2D eigenvalue weighted by atomic mass is 10.2. The average Bonchev–Trinajstić information content (AvgIpc) is 2.18. The molecule has 2 N–H and O–H groups in total. The van der Waals surface area contributed by atoms with Crippen LogP contribution < -0.4 is 10.6 Å². The molecule has 0 aromatic heterocycles. The van der Waals surface area contributed by atoms with Gasteiger partial charge in [-0.3, -0.25) is 0 Å². The van der Waals surface area contributed by atoms with E-state index < -0.39 is 9.84 Å². The van der Waals surface area contributed by atoms with Crippen LogP contribution in [-0.2, 0) is 9.84 Å². The maximum absolute atomic E-state index is 11.4. The minimum absolute atomic E-state index is 0.112. The van der Waals surface area contributed by atoms with Crippen molar-refractivity contribution in [3.63, 3.8) is 0 Å². The third-order valence-corrected chi connectivity index (χ3v) is 4.01. The molecule has 0 amide bonds. The van der Waals surface area contributed by atoms with Crippen molar-refractivity contribution in [2.45, 2.75) is 6.04 Å². The number of nitrogens with one attached hydrogen (secondary N) is 2. The van der Waals surface area contributed by atoms with E-state index in [9.17, 15) is 8.42 Å². The number of sulfone groups is 1. The third-order valence-electron chi connectivity index (χ3n) is 2.34. The lowest BCUT2D eigenvalue weighted by Gasteiger charge is -2.27. The SMILES string of the molecule is O=S1(=O)CCNC(C2=[C]C=CCN2)C1. The molecule has 1 fully saturated rings. The van der Waals surface area contributed by atoms with Gasteiger partial charge in [0.2, 0.25) is 0 Å². The Hall–Kier alpha value is -0.810. The molecule has 2 heterocycles. The summed E-state index contributed by atoms with van der Waals surface area (Å²) in [5.74, 6) is 0.419. The molecule has 1 radical (unpaired) electrons. The van der Waals surface area contributed by atoms with Gasteiger partial charge in [0.25, 0.3) is 0 Å². The fraction of sp³-hybridized carbons (Fsp3) is 0.556. The first-order valence-corrected chi connectivity index (χ1v) is 6.46. The van der Waals surface area contributed by atoms with Gasteiger partial charge in [0, 0.05) is 24.9 Å². The van der Waals surface area contributed by atoms with Gasteiger partial charge in [-0.15, -0.1) is 0 Å². The molecule has 5 heteroatoms. The van der Waals surface area contributed by atoms with Crippen LogP contribution in [0.15, 0.2) is 17.8 Å². The summed E-state index contributed by atoms with van der Waals surface area (Å²) in [6.07, 6.45) is 6.80. The largest absolute Gasteiger partial charge is 0.383 e. The minimum atomic E-state index is -2.87. The predicted molar refractivity (Wildman–Crippen MR) is 54.3 cm³/mol. The van der Waals surface area contributed by atoms with Gasteiger partial charge < -0.3 is 10.6 Å². The van der Waals surface area contributed by atoms with Crippen molar-refractivity contribution >= 4 is 9.84 Å². The van der Waals surface area contributed by atoms with E-state index in [1.165, 1.54) is 0 Å². The van der Waals surface area contributed by atoms with Crippen molar-refractivity contribution in [3.8, 4) is 0 Å². The van der Waals surface area contributed by atoms with Gasteiger partial charge in [-0.2, -0.15) is 0 Å². The molecule has 4 nitrogen and oxygen atoms in total. The molecular formula is C9H13N2O2S. The molecule has 0 aromatic carbocycles. The van der Waals surface area contributed by atoms with Crippen LogP contribution in [0, 0.1) is 6.08 Å². The first-order chi connectivity index (χ1) is 6.67. The molecule has 14 heavy (non-hydrogen) atoms. The first kappa shape index (κ1) is 9.73. The third kappa shape index (κ3) is 2.16. The van der Waals surface area contributed by atoms with E-state index in [4.69, 9.17) is 0 Å².